The zero-order valence-corrected chi connectivity index (χ0v) is 19.8. The molecule has 2 saturated heterocycles. The summed E-state index contributed by atoms with van der Waals surface area (Å²) in [4.78, 5) is 16.9. The number of sulfonamides is 1. The van der Waals surface area contributed by atoms with Gasteiger partial charge in [0.05, 0.1) is 12.0 Å². The van der Waals surface area contributed by atoms with E-state index in [1.807, 2.05) is 24.3 Å². The maximum atomic E-state index is 12.7. The van der Waals surface area contributed by atoms with Crippen molar-refractivity contribution in [3.63, 3.8) is 0 Å². The second kappa shape index (κ2) is 10.4. The van der Waals surface area contributed by atoms with Gasteiger partial charge in [-0.05, 0) is 61.4 Å². The fourth-order valence-electron chi connectivity index (χ4n) is 4.21. The Morgan fingerprint density at radius 2 is 1.42 bits per heavy atom. The number of piperidine rings is 1. The van der Waals surface area contributed by atoms with E-state index in [0.29, 0.717) is 31.9 Å². The van der Waals surface area contributed by atoms with Gasteiger partial charge in [-0.3, -0.25) is 4.79 Å². The zero-order chi connectivity index (χ0) is 23.3. The number of carbonyl (C=O) groups is 1. The van der Waals surface area contributed by atoms with E-state index < -0.39 is 10.0 Å². The third kappa shape index (κ3) is 5.59. The van der Waals surface area contributed by atoms with Crippen molar-refractivity contribution in [2.75, 3.05) is 57.9 Å². The van der Waals surface area contributed by atoms with Gasteiger partial charge in [0.2, 0.25) is 10.0 Å². The fourth-order valence-corrected chi connectivity index (χ4v) is 5.72. The summed E-state index contributed by atoms with van der Waals surface area (Å²) < 4.78 is 37.9. The summed E-state index contributed by atoms with van der Waals surface area (Å²) in [6.07, 6.45) is 2.87. The lowest BCUT2D eigenvalue weighted by molar-refractivity contribution is -0.133. The standard InChI is InChI=1S/C24H31N3O5S/c1-31-21-7-5-20(6-8-21)25-15-17-26(18-16-25)24(28)19-32-22-9-11-23(12-10-22)33(29,30)27-13-3-2-4-14-27/h5-12H,2-4,13-19H2,1H3. The third-order valence-electron chi connectivity index (χ3n) is 6.21. The summed E-state index contributed by atoms with van der Waals surface area (Å²) >= 11 is 0. The van der Waals surface area contributed by atoms with Crippen LogP contribution in [0.1, 0.15) is 19.3 Å². The van der Waals surface area contributed by atoms with E-state index in [1.54, 1.807) is 40.6 Å². The van der Waals surface area contributed by atoms with Crippen molar-refractivity contribution < 1.29 is 22.7 Å². The van der Waals surface area contributed by atoms with Crippen LogP contribution in [0.25, 0.3) is 0 Å². The normalized spacial score (nSPS) is 17.6. The Kier molecular flexibility index (Phi) is 7.39. The van der Waals surface area contributed by atoms with Crippen LogP contribution in [0, 0.1) is 0 Å². The molecule has 0 aromatic heterocycles. The molecule has 0 atom stereocenters. The van der Waals surface area contributed by atoms with Crippen molar-refractivity contribution >= 4 is 21.6 Å². The minimum atomic E-state index is -3.47. The van der Waals surface area contributed by atoms with Crippen LogP contribution in [0.2, 0.25) is 0 Å². The number of methoxy groups -OCH3 is 1. The van der Waals surface area contributed by atoms with Crippen molar-refractivity contribution in [1.82, 2.24) is 9.21 Å². The Bertz CT molecular complexity index is 1030. The van der Waals surface area contributed by atoms with Gasteiger partial charge < -0.3 is 19.3 Å². The molecular formula is C24H31N3O5S. The van der Waals surface area contributed by atoms with Crippen LogP contribution in [0.4, 0.5) is 5.69 Å². The highest BCUT2D eigenvalue weighted by Crippen LogP contribution is 2.23. The first-order valence-corrected chi connectivity index (χ1v) is 12.8. The van der Waals surface area contributed by atoms with Gasteiger partial charge in [0.25, 0.3) is 5.91 Å². The van der Waals surface area contributed by atoms with Crippen molar-refractivity contribution in [1.29, 1.82) is 0 Å². The molecule has 0 unspecified atom stereocenters. The minimum absolute atomic E-state index is 0.0687. The van der Waals surface area contributed by atoms with Gasteiger partial charge in [-0.15, -0.1) is 0 Å². The van der Waals surface area contributed by atoms with E-state index in [0.717, 1.165) is 43.8 Å². The molecule has 1 amide bonds. The number of carbonyl (C=O) groups excluding carboxylic acids is 1. The number of amides is 1. The fraction of sp³-hybridized carbons (Fsp3) is 0.458. The molecular weight excluding hydrogens is 442 g/mol. The van der Waals surface area contributed by atoms with Gasteiger partial charge >= 0.3 is 0 Å². The first-order valence-electron chi connectivity index (χ1n) is 11.4. The molecule has 2 aliphatic heterocycles. The number of anilines is 1. The summed E-state index contributed by atoms with van der Waals surface area (Å²) in [6.45, 7) is 3.83. The topological polar surface area (TPSA) is 79.4 Å². The summed E-state index contributed by atoms with van der Waals surface area (Å²) in [5.41, 5.74) is 1.11. The number of hydrogen-bond donors (Lipinski definition) is 0. The van der Waals surface area contributed by atoms with Gasteiger partial charge in [0.15, 0.2) is 6.61 Å². The molecule has 4 rings (SSSR count). The predicted octanol–water partition coefficient (Wildman–Crippen LogP) is 2.60. The lowest BCUT2D eigenvalue weighted by Crippen LogP contribution is -2.50. The molecule has 2 aromatic carbocycles. The molecule has 0 aliphatic carbocycles. The van der Waals surface area contributed by atoms with E-state index in [9.17, 15) is 13.2 Å². The quantitative estimate of drug-likeness (QED) is 0.615. The Labute approximate surface area is 195 Å². The molecule has 2 aromatic rings. The Balaban J connectivity index is 1.26. The maximum Gasteiger partial charge on any atom is 0.260 e. The van der Waals surface area contributed by atoms with E-state index in [2.05, 4.69) is 4.90 Å². The zero-order valence-electron chi connectivity index (χ0n) is 19.0. The molecule has 0 spiro atoms. The lowest BCUT2D eigenvalue weighted by atomic mass is 10.2. The first-order chi connectivity index (χ1) is 16.0. The van der Waals surface area contributed by atoms with Crippen molar-refractivity contribution in [3.05, 3.63) is 48.5 Å². The van der Waals surface area contributed by atoms with Gasteiger partial charge in [0, 0.05) is 45.0 Å². The summed E-state index contributed by atoms with van der Waals surface area (Å²) in [5, 5.41) is 0. The van der Waals surface area contributed by atoms with Crippen LogP contribution in [-0.4, -0.2) is 76.5 Å². The molecule has 2 heterocycles. The molecule has 33 heavy (non-hydrogen) atoms. The van der Waals surface area contributed by atoms with E-state index in [-0.39, 0.29) is 17.4 Å². The Morgan fingerprint density at radius 3 is 2.03 bits per heavy atom. The largest absolute Gasteiger partial charge is 0.497 e. The molecule has 8 nitrogen and oxygen atoms in total. The number of benzene rings is 2. The van der Waals surface area contributed by atoms with Gasteiger partial charge in [-0.2, -0.15) is 4.31 Å². The highest BCUT2D eigenvalue weighted by molar-refractivity contribution is 7.89. The lowest BCUT2D eigenvalue weighted by Gasteiger charge is -2.36. The van der Waals surface area contributed by atoms with Crippen molar-refractivity contribution in [2.24, 2.45) is 0 Å². The predicted molar refractivity (Wildman–Crippen MR) is 126 cm³/mol. The number of piperazine rings is 1. The van der Waals surface area contributed by atoms with Crippen LogP contribution < -0.4 is 14.4 Å². The van der Waals surface area contributed by atoms with Crippen LogP contribution in [0.5, 0.6) is 11.5 Å². The summed E-state index contributed by atoms with van der Waals surface area (Å²) in [7, 11) is -1.82. The van der Waals surface area contributed by atoms with Crippen LogP contribution in [0.15, 0.2) is 53.4 Å². The second-order valence-corrected chi connectivity index (χ2v) is 10.2. The number of rotatable bonds is 7. The van der Waals surface area contributed by atoms with Crippen LogP contribution in [0.3, 0.4) is 0 Å². The van der Waals surface area contributed by atoms with Gasteiger partial charge in [0.1, 0.15) is 11.5 Å². The average molecular weight is 474 g/mol. The summed E-state index contributed by atoms with van der Waals surface area (Å²) in [6, 6.07) is 14.3. The number of hydrogen-bond acceptors (Lipinski definition) is 6. The smallest absolute Gasteiger partial charge is 0.260 e. The molecule has 9 heteroatoms. The van der Waals surface area contributed by atoms with E-state index in [4.69, 9.17) is 9.47 Å². The van der Waals surface area contributed by atoms with E-state index in [1.165, 1.54) is 0 Å². The minimum Gasteiger partial charge on any atom is -0.497 e. The second-order valence-electron chi connectivity index (χ2n) is 8.29. The Morgan fingerprint density at radius 1 is 0.818 bits per heavy atom. The third-order valence-corrected chi connectivity index (χ3v) is 8.12. The van der Waals surface area contributed by atoms with Crippen LogP contribution >= 0.6 is 0 Å². The molecule has 0 bridgehead atoms. The van der Waals surface area contributed by atoms with E-state index >= 15 is 0 Å². The number of ether oxygens (including phenoxy) is 2. The van der Waals surface area contributed by atoms with Crippen molar-refractivity contribution in [2.45, 2.75) is 24.2 Å². The monoisotopic (exact) mass is 473 g/mol. The van der Waals surface area contributed by atoms with Gasteiger partial charge in [-0.25, -0.2) is 8.42 Å². The SMILES string of the molecule is COc1ccc(N2CCN(C(=O)COc3ccc(S(=O)(=O)N4CCCCC4)cc3)CC2)cc1. The number of nitrogens with zero attached hydrogens (tertiary/aromatic N) is 3. The molecule has 178 valence electrons. The maximum absolute atomic E-state index is 12.7. The molecule has 0 N–H and O–H groups in total. The highest BCUT2D eigenvalue weighted by atomic mass is 32.2. The summed E-state index contributed by atoms with van der Waals surface area (Å²) in [5.74, 6) is 1.23. The molecule has 0 saturated carbocycles. The van der Waals surface area contributed by atoms with Gasteiger partial charge in [-0.1, -0.05) is 6.42 Å². The highest BCUT2D eigenvalue weighted by Gasteiger charge is 2.26. The Hall–Kier alpha value is -2.78. The molecule has 2 aliphatic rings. The average Bonchev–Trinajstić information content (AvgIpc) is 2.88. The van der Waals surface area contributed by atoms with Crippen LogP contribution in [-0.2, 0) is 14.8 Å². The first kappa shape index (κ1) is 23.4. The molecule has 2 fully saturated rings. The molecule has 0 radical (unpaired) electrons. The van der Waals surface area contributed by atoms with Crippen molar-refractivity contribution in [3.8, 4) is 11.5 Å².